The van der Waals surface area contributed by atoms with E-state index in [1.165, 1.54) is 10.8 Å². The third-order valence-corrected chi connectivity index (χ3v) is 5.89. The number of carbonyl (C=O) groups excluding carboxylic acids is 2. The van der Waals surface area contributed by atoms with Gasteiger partial charge in [0.05, 0.1) is 18.2 Å². The second kappa shape index (κ2) is 11.0. The van der Waals surface area contributed by atoms with Gasteiger partial charge < -0.3 is 15.5 Å². The molecule has 3 rings (SSSR count). The van der Waals surface area contributed by atoms with Crippen LogP contribution in [-0.4, -0.2) is 51.9 Å². The topological polar surface area (TPSA) is 79.3 Å². The number of benzene rings is 1. The molecule has 1 aromatic carbocycles. The normalized spacial score (nSPS) is 15.4. The number of imidazole rings is 1. The number of aromatic nitrogens is 2. The summed E-state index contributed by atoms with van der Waals surface area (Å²) in [6.45, 7) is 8.29. The number of rotatable bonds is 10. The molecule has 1 fully saturated rings. The summed E-state index contributed by atoms with van der Waals surface area (Å²) in [5.74, 6) is -2.60. The fraction of sp³-hybridized carbons (Fsp3) is 0.542. The van der Waals surface area contributed by atoms with Crippen molar-refractivity contribution >= 4 is 17.6 Å². The molecule has 2 heterocycles. The molecule has 0 spiro atoms. The zero-order chi connectivity index (χ0) is 24.9. The van der Waals surface area contributed by atoms with Crippen LogP contribution in [0.3, 0.4) is 0 Å². The van der Waals surface area contributed by atoms with Gasteiger partial charge in [-0.25, -0.2) is 8.78 Å². The molecular weight excluding hydrogens is 447 g/mol. The van der Waals surface area contributed by atoms with E-state index in [0.717, 1.165) is 44.1 Å². The van der Waals surface area contributed by atoms with Gasteiger partial charge in [0.25, 0.3) is 6.08 Å². The SMILES string of the molecule is CCCC(NC(=O)Cc1cc(F)cc(F)c1)C(=O)Nc1cn(C(C)(C)CN2CCCC2)c(F)n1. The standard InChI is InChI=1S/C24H32F3N5O2/c1-4-7-19(28-21(33)12-16-10-17(25)13-18(26)11-16)22(34)29-20-14-32(23(27)30-20)24(2,3)15-31-8-5-6-9-31/h10-11,13-14,19H,4-9,12,15H2,1-3H3,(H,28,33)(H,29,34). The first-order chi connectivity index (χ1) is 16.1. The summed E-state index contributed by atoms with van der Waals surface area (Å²) in [4.78, 5) is 31.4. The molecule has 10 heteroatoms. The second-order valence-corrected chi connectivity index (χ2v) is 9.41. The van der Waals surface area contributed by atoms with Gasteiger partial charge in [0.1, 0.15) is 17.7 Å². The van der Waals surface area contributed by atoms with Crippen LogP contribution < -0.4 is 10.6 Å². The highest BCUT2D eigenvalue weighted by atomic mass is 19.1. The summed E-state index contributed by atoms with van der Waals surface area (Å²) < 4.78 is 42.8. The van der Waals surface area contributed by atoms with Gasteiger partial charge in [-0.05, 0) is 63.9 Å². The summed E-state index contributed by atoms with van der Waals surface area (Å²) >= 11 is 0. The second-order valence-electron chi connectivity index (χ2n) is 9.41. The van der Waals surface area contributed by atoms with E-state index in [0.29, 0.717) is 19.4 Å². The highest BCUT2D eigenvalue weighted by Crippen LogP contribution is 2.23. The Balaban J connectivity index is 1.64. The zero-order valence-corrected chi connectivity index (χ0v) is 19.8. The van der Waals surface area contributed by atoms with Crippen LogP contribution in [-0.2, 0) is 21.5 Å². The Morgan fingerprint density at radius 1 is 1.12 bits per heavy atom. The van der Waals surface area contributed by atoms with Gasteiger partial charge in [-0.3, -0.25) is 14.2 Å². The van der Waals surface area contributed by atoms with Gasteiger partial charge in [-0.1, -0.05) is 13.3 Å². The first kappa shape index (κ1) is 25.7. The minimum atomic E-state index is -0.901. The summed E-state index contributed by atoms with van der Waals surface area (Å²) in [5, 5.41) is 5.18. The fourth-order valence-corrected chi connectivity index (χ4v) is 4.32. The molecule has 1 aliphatic rings. The number of halogens is 3. The Labute approximate surface area is 197 Å². The van der Waals surface area contributed by atoms with Crippen LogP contribution in [0.15, 0.2) is 24.4 Å². The summed E-state index contributed by atoms with van der Waals surface area (Å²) in [6.07, 6.45) is 3.66. The predicted molar refractivity (Wildman–Crippen MR) is 123 cm³/mol. The zero-order valence-electron chi connectivity index (χ0n) is 19.8. The monoisotopic (exact) mass is 479 g/mol. The van der Waals surface area contributed by atoms with E-state index in [4.69, 9.17) is 0 Å². The van der Waals surface area contributed by atoms with E-state index >= 15 is 0 Å². The predicted octanol–water partition coefficient (Wildman–Crippen LogP) is 3.60. The quantitative estimate of drug-likeness (QED) is 0.546. The number of hydrogen-bond donors (Lipinski definition) is 2. The van der Waals surface area contributed by atoms with Crippen LogP contribution in [0.5, 0.6) is 0 Å². The molecule has 186 valence electrons. The maximum absolute atomic E-state index is 14.6. The number of amides is 2. The molecule has 7 nitrogen and oxygen atoms in total. The van der Waals surface area contributed by atoms with Crippen molar-refractivity contribution in [3.05, 3.63) is 47.7 Å². The minimum Gasteiger partial charge on any atom is -0.344 e. The molecule has 1 saturated heterocycles. The molecule has 2 amide bonds. The number of carbonyl (C=O) groups is 2. The van der Waals surface area contributed by atoms with Gasteiger partial charge in [-0.2, -0.15) is 9.37 Å². The van der Waals surface area contributed by atoms with Crippen molar-refractivity contribution in [3.8, 4) is 0 Å². The van der Waals surface area contributed by atoms with Crippen LogP contribution >= 0.6 is 0 Å². The smallest absolute Gasteiger partial charge is 0.291 e. The molecule has 1 aromatic heterocycles. The molecule has 0 saturated carbocycles. The third-order valence-electron chi connectivity index (χ3n) is 5.89. The van der Waals surface area contributed by atoms with Crippen LogP contribution in [0.2, 0.25) is 0 Å². The summed E-state index contributed by atoms with van der Waals surface area (Å²) in [6, 6.07) is 1.95. The third kappa shape index (κ3) is 6.82. The lowest BCUT2D eigenvalue weighted by Gasteiger charge is -2.31. The van der Waals surface area contributed by atoms with Crippen molar-refractivity contribution in [1.29, 1.82) is 0 Å². The van der Waals surface area contributed by atoms with E-state index in [-0.39, 0.29) is 17.8 Å². The van der Waals surface area contributed by atoms with Crippen LogP contribution in [0.25, 0.3) is 0 Å². The largest absolute Gasteiger partial charge is 0.344 e. The van der Waals surface area contributed by atoms with Gasteiger partial charge in [0, 0.05) is 12.6 Å². The van der Waals surface area contributed by atoms with Gasteiger partial charge in [0.2, 0.25) is 11.8 Å². The lowest BCUT2D eigenvalue weighted by atomic mass is 10.0. The van der Waals surface area contributed by atoms with Crippen molar-refractivity contribution in [2.75, 3.05) is 25.0 Å². The van der Waals surface area contributed by atoms with Crippen LogP contribution in [0, 0.1) is 17.7 Å². The first-order valence-corrected chi connectivity index (χ1v) is 11.6. The van der Waals surface area contributed by atoms with Crippen molar-refractivity contribution in [2.45, 2.75) is 64.5 Å². The van der Waals surface area contributed by atoms with Crippen molar-refractivity contribution < 1.29 is 22.8 Å². The van der Waals surface area contributed by atoms with E-state index in [1.54, 1.807) is 0 Å². The van der Waals surface area contributed by atoms with E-state index < -0.39 is 41.1 Å². The molecule has 1 aliphatic heterocycles. The average Bonchev–Trinajstić information content (AvgIpc) is 3.36. The Bertz CT molecular complexity index is 998. The fourth-order valence-electron chi connectivity index (χ4n) is 4.32. The lowest BCUT2D eigenvalue weighted by molar-refractivity contribution is -0.126. The molecule has 0 bridgehead atoms. The van der Waals surface area contributed by atoms with E-state index in [9.17, 15) is 22.8 Å². The number of hydrogen-bond acceptors (Lipinski definition) is 4. The molecule has 2 aromatic rings. The molecule has 1 atom stereocenters. The highest BCUT2D eigenvalue weighted by molar-refractivity contribution is 5.96. The van der Waals surface area contributed by atoms with Crippen LogP contribution in [0.4, 0.5) is 19.0 Å². The maximum Gasteiger partial charge on any atom is 0.291 e. The Hall–Kier alpha value is -2.88. The Kier molecular flexibility index (Phi) is 8.35. The van der Waals surface area contributed by atoms with Gasteiger partial charge in [0.15, 0.2) is 5.82 Å². The van der Waals surface area contributed by atoms with Gasteiger partial charge >= 0.3 is 0 Å². The Morgan fingerprint density at radius 3 is 2.38 bits per heavy atom. The highest BCUT2D eigenvalue weighted by Gasteiger charge is 2.29. The van der Waals surface area contributed by atoms with Gasteiger partial charge in [-0.15, -0.1) is 0 Å². The average molecular weight is 480 g/mol. The summed E-state index contributed by atoms with van der Waals surface area (Å²) in [5.41, 5.74) is -0.409. The molecular formula is C24H32F3N5O2. The van der Waals surface area contributed by atoms with E-state index in [1.807, 2.05) is 20.8 Å². The molecule has 1 unspecified atom stereocenters. The van der Waals surface area contributed by atoms with Crippen molar-refractivity contribution in [1.82, 2.24) is 19.8 Å². The molecule has 2 N–H and O–H groups in total. The summed E-state index contributed by atoms with van der Waals surface area (Å²) in [7, 11) is 0. The Morgan fingerprint density at radius 2 is 1.76 bits per heavy atom. The maximum atomic E-state index is 14.6. The lowest BCUT2D eigenvalue weighted by Crippen LogP contribution is -2.44. The molecule has 0 radical (unpaired) electrons. The molecule has 34 heavy (non-hydrogen) atoms. The number of anilines is 1. The number of nitrogens with zero attached hydrogens (tertiary/aromatic N) is 3. The first-order valence-electron chi connectivity index (χ1n) is 11.6. The molecule has 0 aliphatic carbocycles. The van der Waals surface area contributed by atoms with Crippen LogP contribution in [0.1, 0.15) is 52.0 Å². The van der Waals surface area contributed by atoms with Crippen molar-refractivity contribution in [2.24, 2.45) is 0 Å². The number of likely N-dealkylation sites (tertiary alicyclic amines) is 1. The number of nitrogens with one attached hydrogen (secondary N) is 2. The van der Waals surface area contributed by atoms with Crippen molar-refractivity contribution in [3.63, 3.8) is 0 Å². The van der Waals surface area contributed by atoms with E-state index in [2.05, 4.69) is 20.5 Å². The minimum absolute atomic E-state index is 0.0551.